The molecule has 0 N–H and O–H groups in total. The topological polar surface area (TPSA) is 49.5 Å². The van der Waals surface area contributed by atoms with Crippen LogP contribution < -0.4 is 4.74 Å². The van der Waals surface area contributed by atoms with Crippen molar-refractivity contribution in [1.29, 1.82) is 0 Å². The molecule has 9 aromatic carbocycles. The number of benzene rings is 9. The molecule has 4 heterocycles. The first-order chi connectivity index (χ1) is 35.2. The van der Waals surface area contributed by atoms with E-state index >= 15 is 0 Å². The number of fused-ring (bicyclic) bond motifs is 7. The summed E-state index contributed by atoms with van der Waals surface area (Å²) in [5.74, 6) is 1.89. The molecule has 13 aromatic rings. The maximum absolute atomic E-state index is 6.91. The number of aryl methyl sites for hydroxylation is 1. The van der Waals surface area contributed by atoms with Gasteiger partial charge in [-0.05, 0) is 29.0 Å². The van der Waals surface area contributed by atoms with Crippen molar-refractivity contribution in [2.45, 2.75) is 33.1 Å². The number of ether oxygens (including phenoxy) is 1. The second kappa shape index (κ2) is 17.2. The molecule has 72 heavy (non-hydrogen) atoms. The number of hydrogen-bond donors (Lipinski definition) is 0. The molecule has 0 aliphatic heterocycles. The molecule has 7 heteroatoms. The van der Waals surface area contributed by atoms with Gasteiger partial charge in [0.2, 0.25) is 0 Å². The molecule has 6 nitrogen and oxygen atoms in total. The van der Waals surface area contributed by atoms with Gasteiger partial charge in [0.25, 0.3) is 0 Å². The van der Waals surface area contributed by atoms with Crippen LogP contribution >= 0.6 is 0 Å². The fourth-order valence-corrected chi connectivity index (χ4v) is 11.4. The normalized spacial score (nSPS) is 12.0. The number of rotatable bonds is 7. The zero-order valence-electron chi connectivity index (χ0n) is 40.1. The van der Waals surface area contributed by atoms with Crippen LogP contribution in [0.5, 0.6) is 11.5 Å². The smallest absolute Gasteiger partial charge is 0.0579 e. The van der Waals surface area contributed by atoms with Gasteiger partial charge in [-0.3, -0.25) is 0 Å². The van der Waals surface area contributed by atoms with Gasteiger partial charge < -0.3 is 0 Å². The number of para-hydroxylation sites is 4. The van der Waals surface area contributed by atoms with Gasteiger partial charge in [0.05, 0.1) is 0 Å². The van der Waals surface area contributed by atoms with Crippen molar-refractivity contribution >= 4 is 60.3 Å². The first kappa shape index (κ1) is 43.7. The fraction of sp³-hybridized carbons (Fsp3) is 0.0769. The van der Waals surface area contributed by atoms with Crippen molar-refractivity contribution in [3.8, 4) is 56.4 Å². The molecular weight excluding hydrogens is 1060 g/mol. The predicted octanol–water partition coefficient (Wildman–Crippen LogP) is 16.9. The summed E-state index contributed by atoms with van der Waals surface area (Å²) >= 11 is 2.49. The summed E-state index contributed by atoms with van der Waals surface area (Å²) in [6, 6.07) is 77.7. The Morgan fingerprint density at radius 2 is 1.11 bits per heavy atom. The number of aromatic nitrogens is 4. The Balaban J connectivity index is 1.00. The molecule has 0 unspecified atom stereocenters. The first-order valence-electron chi connectivity index (χ1n) is 24.2. The van der Waals surface area contributed by atoms with E-state index in [0.717, 1.165) is 109 Å². The van der Waals surface area contributed by atoms with Gasteiger partial charge >= 0.3 is 332 Å². The first-order valence-corrected chi connectivity index (χ1v) is 25.3. The fourth-order valence-electron chi connectivity index (χ4n) is 10.4. The Kier molecular flexibility index (Phi) is 10.5. The Bertz CT molecular complexity index is 4310. The van der Waals surface area contributed by atoms with Gasteiger partial charge in [0.15, 0.2) is 0 Å². The second-order valence-corrected chi connectivity index (χ2v) is 20.4. The second-order valence-electron chi connectivity index (χ2n) is 19.4. The van der Waals surface area contributed by atoms with Crippen molar-refractivity contribution in [2.75, 3.05) is 0 Å². The van der Waals surface area contributed by atoms with E-state index in [1.165, 1.54) is 5.56 Å². The van der Waals surface area contributed by atoms with Gasteiger partial charge in [0.1, 0.15) is 0 Å². The van der Waals surface area contributed by atoms with Gasteiger partial charge in [-0.2, -0.15) is 0 Å². The third kappa shape index (κ3) is 7.28. The van der Waals surface area contributed by atoms with E-state index in [1.807, 2.05) is 36.5 Å². The standard InChI is InChI=1S/C65H46N4O2.Pt/c1-42-37-62(66-40-55(42)45-29-31-46(32-30-45)65(2,3)4)69-56-26-13-11-21-51(56)52-35-33-47(38-58(52)69)70-48-34-36-61-59(39-48)68-41-67(57-27-16-25-54(64(57)68)53-22-12-14-28-60(53)71-61)63-49(43-17-7-5-8-18-43)23-15-24-50(63)44-19-9-6-10-20-44;/h5-37,40H,1-4H3;/q-2;. The van der Waals surface area contributed by atoms with Crippen LogP contribution in [0, 0.1) is 22.9 Å². The molecule has 0 aliphatic rings. The van der Waals surface area contributed by atoms with E-state index in [1.54, 1.807) is 0 Å². The zero-order valence-corrected chi connectivity index (χ0v) is 42.3. The van der Waals surface area contributed by atoms with Crippen molar-refractivity contribution < 1.29 is 28.5 Å². The van der Waals surface area contributed by atoms with E-state index < -0.39 is 0 Å². The molecule has 13 rings (SSSR count). The average Bonchev–Trinajstić information content (AvgIpc) is 3.89. The Morgan fingerprint density at radius 1 is 0.514 bits per heavy atom. The molecule has 0 atom stereocenters. The summed E-state index contributed by atoms with van der Waals surface area (Å²) in [5.41, 5.74) is 16.5. The SMILES string of the molecule is Cc1cc(-n2c3[c-]c(Oc4[c-]c5c(cc4)oc4ccccc4c4cccc6c4n5[c](=[Pt])n6-c4c(-c5ccccc5)cccc4-c4ccccc4)ccc3c3ccccc32)ncc1-c1ccc(C(C)(C)C)cc1. The Morgan fingerprint density at radius 3 is 1.82 bits per heavy atom. The summed E-state index contributed by atoms with van der Waals surface area (Å²) in [7, 11) is 0. The van der Waals surface area contributed by atoms with Crippen molar-refractivity contribution in [3.05, 3.63) is 233 Å². The molecule has 350 valence electrons. The number of imidazole rings is 1. The molecule has 4 aromatic heterocycles. The van der Waals surface area contributed by atoms with Gasteiger partial charge in [-0.1, -0.05) is 57.2 Å². The third-order valence-corrected chi connectivity index (χ3v) is 14.9. The van der Waals surface area contributed by atoms with Crippen molar-refractivity contribution in [2.24, 2.45) is 0 Å². The molecule has 0 saturated heterocycles. The van der Waals surface area contributed by atoms with Crippen molar-refractivity contribution in [3.63, 3.8) is 0 Å². The van der Waals surface area contributed by atoms with E-state index in [0.29, 0.717) is 17.1 Å². The van der Waals surface area contributed by atoms with Gasteiger partial charge in [0, 0.05) is 11.8 Å². The van der Waals surface area contributed by atoms with Crippen LogP contribution in [0.3, 0.4) is 0 Å². The van der Waals surface area contributed by atoms with Crippen LogP contribution in [0.25, 0.3) is 105 Å². The van der Waals surface area contributed by atoms with Crippen molar-refractivity contribution in [1.82, 2.24) is 18.5 Å². The predicted molar refractivity (Wildman–Crippen MR) is 290 cm³/mol. The van der Waals surface area contributed by atoms with Crippen LogP contribution in [0.15, 0.2) is 211 Å². The minimum Gasteiger partial charge on any atom is -0.0579 e. The molecule has 0 fully saturated rings. The summed E-state index contributed by atoms with van der Waals surface area (Å²) in [6.45, 7) is 8.89. The minimum atomic E-state index is 0.0803. The summed E-state index contributed by atoms with van der Waals surface area (Å²) in [6.07, 6.45) is 2.00. The minimum absolute atomic E-state index is 0.0803. The van der Waals surface area contributed by atoms with Crippen LogP contribution in [0.2, 0.25) is 0 Å². The van der Waals surface area contributed by atoms with Crippen LogP contribution in [-0.2, 0) is 24.8 Å². The van der Waals surface area contributed by atoms with Crippen LogP contribution in [0.1, 0.15) is 31.9 Å². The summed E-state index contributed by atoms with van der Waals surface area (Å²) in [4.78, 5) is 5.12. The zero-order chi connectivity index (χ0) is 48.7. The molecule has 0 aliphatic carbocycles. The Labute approximate surface area is 427 Å². The summed E-state index contributed by atoms with van der Waals surface area (Å²) in [5, 5.41) is 4.23. The Hall–Kier alpha value is -8.31. The van der Waals surface area contributed by atoms with E-state index in [9.17, 15) is 0 Å². The quantitative estimate of drug-likeness (QED) is 0.149. The van der Waals surface area contributed by atoms with Crippen LogP contribution in [0.4, 0.5) is 0 Å². The summed E-state index contributed by atoms with van der Waals surface area (Å²) < 4.78 is 21.6. The number of hydrogen-bond acceptors (Lipinski definition) is 3. The molecule has 0 amide bonds. The monoisotopic (exact) mass is 1110 g/mol. The van der Waals surface area contributed by atoms with E-state index in [-0.39, 0.29) is 5.41 Å². The van der Waals surface area contributed by atoms with Gasteiger partial charge in [-0.15, -0.1) is 0 Å². The van der Waals surface area contributed by atoms with E-state index in [4.69, 9.17) is 14.1 Å². The molecule has 0 radical (unpaired) electrons. The maximum atomic E-state index is 6.91. The average molecular weight is 1110 g/mol. The van der Waals surface area contributed by atoms with Crippen LogP contribution in [-0.4, -0.2) is 18.5 Å². The molecule has 0 bridgehead atoms. The van der Waals surface area contributed by atoms with Gasteiger partial charge in [-0.25, -0.2) is 0 Å². The third-order valence-electron chi connectivity index (χ3n) is 13.9. The molecule has 0 spiro atoms. The number of nitrogens with zero attached hydrogens (tertiary/aromatic N) is 4. The molecule has 0 saturated carbocycles. The molecular formula is C65H46N4O2Pt-2. The number of pyridine rings is 1. The van der Waals surface area contributed by atoms with E-state index in [2.05, 4.69) is 243 Å².